The Bertz CT molecular complexity index is 2320. The maximum atomic E-state index is 13.1. The van der Waals surface area contributed by atoms with Gasteiger partial charge in [0.1, 0.15) is 22.8 Å². The molecule has 4 fully saturated rings. The molecule has 1 saturated carbocycles. The van der Waals surface area contributed by atoms with Crippen LogP contribution in [0.2, 0.25) is 0 Å². The highest BCUT2D eigenvalue weighted by Crippen LogP contribution is 2.51. The van der Waals surface area contributed by atoms with E-state index >= 15 is 0 Å². The third-order valence-corrected chi connectivity index (χ3v) is 14.1. The highest BCUT2D eigenvalue weighted by molar-refractivity contribution is 6.01. The van der Waals surface area contributed by atoms with E-state index in [-0.39, 0.29) is 29.2 Å². The molecule has 3 aliphatic heterocycles. The first-order valence-corrected chi connectivity index (χ1v) is 22.3. The van der Waals surface area contributed by atoms with Crippen molar-refractivity contribution in [1.82, 2.24) is 30.5 Å². The van der Waals surface area contributed by atoms with E-state index in [1.807, 2.05) is 31.2 Å². The standard InChI is InChI=1S/C48H58N10O4/c1-4-22-49-44(60)39-27-50-46(55-43(39)53-40-16-8-33-18-21-48(62,5-2)42(33)52-40)51-34-9-13-36(14-10-34)58-29-47(30-58)25-37(26-47)56(3)28-31-19-23-57(24-20-31)35-11-6-32(7-12-35)38-15-17-41(59)54-45(38)61/h4,6-14,16,27,31,37-38,62H,1,5,15,17-26,28-30H2,2-3H3,(H,49,60)(H,54,59,61)(H2,50,51,52,53,55). The molecule has 2 aromatic heterocycles. The summed E-state index contributed by atoms with van der Waals surface area (Å²) in [4.78, 5) is 58.4. The van der Waals surface area contributed by atoms with E-state index in [1.165, 1.54) is 43.3 Å². The SMILES string of the molecule is C=CCNC(=O)c1cnc(Nc2ccc(N3CC4(CC(N(C)CC5CCN(c6ccc(C7CCC(=O)NC7=O)cc6)CC5)C4)C3)cc2)nc1Nc1ccc2c(n1)C(O)(CC)CC2. The molecular weight excluding hydrogens is 781 g/mol. The topological polar surface area (TPSA) is 168 Å². The number of carbonyl (C=O) groups is 3. The molecule has 1 spiro atoms. The number of aromatic nitrogens is 3. The van der Waals surface area contributed by atoms with Crippen LogP contribution in [0.5, 0.6) is 0 Å². The van der Waals surface area contributed by atoms with Gasteiger partial charge in [-0.15, -0.1) is 6.58 Å². The Morgan fingerprint density at radius 1 is 0.952 bits per heavy atom. The summed E-state index contributed by atoms with van der Waals surface area (Å²) in [7, 11) is 2.31. The Kier molecular flexibility index (Phi) is 11.5. The number of pyridine rings is 1. The number of piperidine rings is 2. The van der Waals surface area contributed by atoms with Gasteiger partial charge in [0.25, 0.3) is 5.91 Å². The molecule has 5 aliphatic rings. The summed E-state index contributed by atoms with van der Waals surface area (Å²) >= 11 is 0. The van der Waals surface area contributed by atoms with Crippen LogP contribution in [0.1, 0.15) is 91.4 Å². The Labute approximate surface area is 363 Å². The average Bonchev–Trinajstić information content (AvgIpc) is 3.58. The van der Waals surface area contributed by atoms with Gasteiger partial charge in [-0.2, -0.15) is 4.98 Å². The first-order chi connectivity index (χ1) is 30.0. The molecule has 2 aliphatic carbocycles. The van der Waals surface area contributed by atoms with Gasteiger partial charge in [0.2, 0.25) is 17.8 Å². The van der Waals surface area contributed by atoms with E-state index < -0.39 is 5.60 Å². The lowest BCUT2D eigenvalue weighted by molar-refractivity contribution is -0.134. The van der Waals surface area contributed by atoms with Crippen LogP contribution in [-0.4, -0.2) is 95.0 Å². The van der Waals surface area contributed by atoms with Crippen molar-refractivity contribution in [1.29, 1.82) is 0 Å². The van der Waals surface area contributed by atoms with Crippen molar-refractivity contribution >= 4 is 52.4 Å². The van der Waals surface area contributed by atoms with Crippen molar-refractivity contribution in [2.75, 3.05) is 66.7 Å². The fourth-order valence-electron chi connectivity index (χ4n) is 10.3. The lowest BCUT2D eigenvalue weighted by Crippen LogP contribution is -2.66. The number of carbonyl (C=O) groups excluding carboxylic acids is 3. The number of amides is 3. The van der Waals surface area contributed by atoms with Crippen LogP contribution in [0.3, 0.4) is 0 Å². The number of imide groups is 1. The van der Waals surface area contributed by atoms with E-state index in [1.54, 1.807) is 6.08 Å². The fourth-order valence-corrected chi connectivity index (χ4v) is 10.3. The molecule has 324 valence electrons. The molecule has 2 aromatic carbocycles. The largest absolute Gasteiger partial charge is 0.384 e. The Morgan fingerprint density at radius 3 is 2.39 bits per heavy atom. The zero-order valence-electron chi connectivity index (χ0n) is 35.8. The first kappa shape index (κ1) is 41.5. The summed E-state index contributed by atoms with van der Waals surface area (Å²) in [6.45, 7) is 11.3. The molecular formula is C48H58N10O4. The molecule has 3 amide bonds. The minimum absolute atomic E-state index is 0.177. The van der Waals surface area contributed by atoms with E-state index in [0.717, 1.165) is 56.0 Å². The predicted molar refractivity (Wildman–Crippen MR) is 241 cm³/mol. The molecule has 0 bridgehead atoms. The van der Waals surface area contributed by atoms with Gasteiger partial charge in [0, 0.05) is 80.4 Å². The van der Waals surface area contributed by atoms with Crippen molar-refractivity contribution < 1.29 is 19.5 Å². The van der Waals surface area contributed by atoms with Crippen molar-refractivity contribution in [3.8, 4) is 0 Å². The molecule has 5 heterocycles. The van der Waals surface area contributed by atoms with Crippen LogP contribution in [0.15, 0.2) is 79.5 Å². The van der Waals surface area contributed by atoms with Gasteiger partial charge in [-0.05, 0) is 118 Å². The number of aliphatic hydroxyl groups is 1. The number of hydrogen-bond donors (Lipinski definition) is 5. The number of anilines is 6. The summed E-state index contributed by atoms with van der Waals surface area (Å²) in [5.41, 5.74) is 5.64. The smallest absolute Gasteiger partial charge is 0.256 e. The number of nitrogens with zero attached hydrogens (tertiary/aromatic N) is 6. The summed E-state index contributed by atoms with van der Waals surface area (Å²) in [6, 6.07) is 21.2. The molecule has 14 nitrogen and oxygen atoms in total. The number of hydrogen-bond acceptors (Lipinski definition) is 12. The van der Waals surface area contributed by atoms with Gasteiger partial charge in [0.15, 0.2) is 0 Å². The van der Waals surface area contributed by atoms with Crippen LogP contribution in [0, 0.1) is 11.3 Å². The summed E-state index contributed by atoms with van der Waals surface area (Å²) in [5, 5.41) is 23.0. The fraction of sp³-hybridized carbons (Fsp3) is 0.458. The van der Waals surface area contributed by atoms with Crippen molar-refractivity contribution in [3.63, 3.8) is 0 Å². The molecule has 2 atom stereocenters. The normalized spacial score (nSPS) is 22.2. The molecule has 2 unspecified atom stereocenters. The van der Waals surface area contributed by atoms with E-state index in [0.29, 0.717) is 72.9 Å². The summed E-state index contributed by atoms with van der Waals surface area (Å²) in [6.07, 6.45) is 10.9. The lowest BCUT2D eigenvalue weighted by Gasteiger charge is -2.61. The Hall–Kier alpha value is -5.86. The number of aryl methyl sites for hydroxylation is 1. The van der Waals surface area contributed by atoms with Crippen molar-refractivity contribution in [3.05, 3.63) is 102 Å². The minimum atomic E-state index is -0.961. The van der Waals surface area contributed by atoms with E-state index in [9.17, 15) is 19.5 Å². The maximum absolute atomic E-state index is 13.1. The van der Waals surface area contributed by atoms with E-state index in [4.69, 9.17) is 9.97 Å². The highest BCUT2D eigenvalue weighted by atomic mass is 16.3. The van der Waals surface area contributed by atoms with Crippen LogP contribution in [0.25, 0.3) is 0 Å². The van der Waals surface area contributed by atoms with Crippen LogP contribution in [-0.2, 0) is 21.6 Å². The van der Waals surface area contributed by atoms with Crippen molar-refractivity contribution in [2.45, 2.75) is 82.3 Å². The highest BCUT2D eigenvalue weighted by Gasteiger charge is 2.53. The third-order valence-electron chi connectivity index (χ3n) is 14.1. The zero-order valence-corrected chi connectivity index (χ0v) is 35.8. The van der Waals surface area contributed by atoms with Gasteiger partial charge >= 0.3 is 0 Å². The number of nitrogens with one attached hydrogen (secondary N) is 4. The van der Waals surface area contributed by atoms with E-state index in [2.05, 4.69) is 91.0 Å². The van der Waals surface area contributed by atoms with Crippen LogP contribution < -0.4 is 31.1 Å². The molecule has 3 saturated heterocycles. The Morgan fingerprint density at radius 2 is 1.68 bits per heavy atom. The second-order valence-corrected chi connectivity index (χ2v) is 18.2. The average molecular weight is 839 g/mol. The number of rotatable bonds is 14. The predicted octanol–water partition coefficient (Wildman–Crippen LogP) is 6.16. The third kappa shape index (κ3) is 8.50. The second kappa shape index (κ2) is 17.1. The monoisotopic (exact) mass is 838 g/mol. The quantitative estimate of drug-likeness (QED) is 0.0727. The first-order valence-electron chi connectivity index (χ1n) is 22.3. The van der Waals surface area contributed by atoms with Gasteiger partial charge in [-0.3, -0.25) is 19.7 Å². The second-order valence-electron chi connectivity index (χ2n) is 18.2. The molecule has 9 rings (SSSR count). The zero-order chi connectivity index (χ0) is 43.0. The van der Waals surface area contributed by atoms with Gasteiger partial charge in [-0.25, -0.2) is 9.97 Å². The number of benzene rings is 2. The number of fused-ring (bicyclic) bond motifs is 1. The van der Waals surface area contributed by atoms with Gasteiger partial charge in [0.05, 0.1) is 11.6 Å². The van der Waals surface area contributed by atoms with Crippen LogP contribution in [0.4, 0.5) is 34.6 Å². The molecule has 14 heteroatoms. The molecule has 62 heavy (non-hydrogen) atoms. The molecule has 5 N–H and O–H groups in total. The summed E-state index contributed by atoms with van der Waals surface area (Å²) in [5.74, 6) is 0.891. The molecule has 0 radical (unpaired) electrons. The minimum Gasteiger partial charge on any atom is -0.384 e. The molecule has 4 aromatic rings. The van der Waals surface area contributed by atoms with Crippen molar-refractivity contribution in [2.24, 2.45) is 11.3 Å². The lowest BCUT2D eigenvalue weighted by atomic mass is 9.60. The Balaban J connectivity index is 0.743. The van der Waals surface area contributed by atoms with Gasteiger partial charge in [-0.1, -0.05) is 31.2 Å². The van der Waals surface area contributed by atoms with Crippen LogP contribution >= 0.6 is 0 Å². The maximum Gasteiger partial charge on any atom is 0.256 e. The van der Waals surface area contributed by atoms with Gasteiger partial charge < -0.3 is 35.8 Å². The summed E-state index contributed by atoms with van der Waals surface area (Å²) < 4.78 is 0.